The van der Waals surface area contributed by atoms with Crippen molar-refractivity contribution in [3.63, 3.8) is 0 Å². The number of hydrogen-bond acceptors (Lipinski definition) is 15. The Morgan fingerprint density at radius 1 is 0.545 bits per heavy atom. The average molecular weight is 1380 g/mol. The predicted molar refractivity (Wildman–Crippen MR) is 381 cm³/mol. The molecule has 552 valence electrons. The van der Waals surface area contributed by atoms with E-state index in [2.05, 4.69) is 22.8 Å². The number of allylic oxidation sites excluding steroid dienone is 2. The molecule has 2 aromatic rings. The van der Waals surface area contributed by atoms with E-state index in [4.69, 9.17) is 14.2 Å². The van der Waals surface area contributed by atoms with E-state index in [0.717, 1.165) is 27.2 Å². The first kappa shape index (κ1) is 85.2. The smallest absolute Gasteiger partial charge is 0.328 e. The van der Waals surface area contributed by atoms with Crippen molar-refractivity contribution >= 4 is 70.9 Å². The van der Waals surface area contributed by atoms with Crippen LogP contribution in [0.2, 0.25) is 0 Å². The van der Waals surface area contributed by atoms with Crippen LogP contribution in [0.4, 0.5) is 0 Å². The minimum absolute atomic E-state index is 0.0438. The number of carbonyl (C=O) groups excluding carboxylic acids is 12. The van der Waals surface area contributed by atoms with Crippen LogP contribution in [0, 0.1) is 47.3 Å². The summed E-state index contributed by atoms with van der Waals surface area (Å²) in [6.07, 6.45) is 2.81. The lowest BCUT2D eigenvalue weighted by molar-refractivity contribution is -0.164. The molecule has 0 heterocycles. The van der Waals surface area contributed by atoms with Gasteiger partial charge in [0.05, 0.1) is 24.9 Å². The highest BCUT2D eigenvalue weighted by Crippen LogP contribution is 2.45. The Kier molecular flexibility index (Phi) is 34.2. The monoisotopic (exact) mass is 1380 g/mol. The van der Waals surface area contributed by atoms with E-state index >= 15 is 14.4 Å². The maximum absolute atomic E-state index is 15.3. The molecule has 23 heteroatoms. The molecule has 0 saturated heterocycles. The number of ether oxygens (including phenoxy) is 3. The van der Waals surface area contributed by atoms with Gasteiger partial charge in [-0.05, 0) is 104 Å². The van der Waals surface area contributed by atoms with Gasteiger partial charge in [-0.1, -0.05) is 151 Å². The first-order chi connectivity index (χ1) is 46.2. The van der Waals surface area contributed by atoms with Crippen molar-refractivity contribution in [3.05, 3.63) is 71.8 Å². The van der Waals surface area contributed by atoms with Gasteiger partial charge in [0.15, 0.2) is 5.78 Å². The van der Waals surface area contributed by atoms with Crippen LogP contribution in [0.5, 0.6) is 0 Å². The average Bonchev–Trinajstić information content (AvgIpc) is 1.66. The van der Waals surface area contributed by atoms with Crippen LogP contribution in [0.15, 0.2) is 60.7 Å². The van der Waals surface area contributed by atoms with Crippen molar-refractivity contribution in [3.8, 4) is 11.1 Å². The van der Waals surface area contributed by atoms with Gasteiger partial charge >= 0.3 is 17.9 Å². The molecule has 0 aromatic heterocycles. The molecule has 8 amide bonds. The minimum Gasteiger partial charge on any atom is -0.465 e. The molecule has 0 saturated carbocycles. The number of ketones is 1. The number of amides is 8. The van der Waals surface area contributed by atoms with Gasteiger partial charge in [-0.2, -0.15) is 0 Å². The van der Waals surface area contributed by atoms with Crippen molar-refractivity contribution < 1.29 is 71.7 Å². The summed E-state index contributed by atoms with van der Waals surface area (Å²) in [6.45, 7) is 29.3. The number of rotatable bonds is 39. The maximum atomic E-state index is 15.3. The summed E-state index contributed by atoms with van der Waals surface area (Å²) in [5.41, 5.74) is 4.30. The van der Waals surface area contributed by atoms with Crippen molar-refractivity contribution in [2.24, 2.45) is 47.3 Å². The molecule has 0 aliphatic heterocycles. The van der Waals surface area contributed by atoms with E-state index in [1.54, 1.807) is 61.7 Å². The third-order valence-electron chi connectivity index (χ3n) is 18.9. The third-order valence-corrected chi connectivity index (χ3v) is 18.9. The van der Waals surface area contributed by atoms with Gasteiger partial charge in [0.2, 0.25) is 47.3 Å². The summed E-state index contributed by atoms with van der Waals surface area (Å²) in [4.78, 5) is 177. The highest BCUT2D eigenvalue weighted by molar-refractivity contribution is 5.98. The van der Waals surface area contributed by atoms with Crippen LogP contribution in [0.3, 0.4) is 0 Å². The minimum atomic E-state index is -1.55. The van der Waals surface area contributed by atoms with Crippen LogP contribution in [0.25, 0.3) is 11.1 Å². The standard InChI is InChI=1S/C76H118N8O15/c1-24-26-31-49(13)68(99-53(17)86)67(70(90)78-60(25-2)76(96)97-37-36-79(18)52(16)85)84(23)75(95)66(48(11)12)83(22)74(94)63(40-46(7)8)82(21)73(93)62(39-45(5)6)81(20)71(91)51(15)77-69(89)50(14)41-64(87)61(38-44(3)4)80(19)72(92)58(47(9)10)42-65(88)98-43-59-56-34-29-27-32-54(56)55-33-28-30-35-57(55)59/h24,26-30,32-35,44-51,58-63,66-68H,25,31,36-43H2,1-23H3,(H,77,89)(H,78,90)/b26-24+/t49-,50-,51-,58+,60+,61-,62+,63+,66+,67+,68-/m1/s1. The second-order valence-corrected chi connectivity index (χ2v) is 29.0. The van der Waals surface area contributed by atoms with Crippen molar-refractivity contribution in [2.45, 2.75) is 217 Å². The molecule has 11 atom stereocenters. The Morgan fingerprint density at radius 2 is 1.03 bits per heavy atom. The van der Waals surface area contributed by atoms with Gasteiger partial charge in [0.1, 0.15) is 55.6 Å². The number of hydrogen-bond donors (Lipinski definition) is 2. The molecule has 2 N–H and O–H groups in total. The molecule has 0 unspecified atom stereocenters. The van der Waals surface area contributed by atoms with Crippen LogP contribution >= 0.6 is 0 Å². The quantitative estimate of drug-likeness (QED) is 0.0361. The molecular formula is C76H118N8O15. The Labute approximate surface area is 589 Å². The molecule has 23 nitrogen and oxygen atoms in total. The third kappa shape index (κ3) is 23.8. The van der Waals surface area contributed by atoms with Crippen molar-refractivity contribution in [1.82, 2.24) is 40.0 Å². The van der Waals surface area contributed by atoms with Gasteiger partial charge in [-0.25, -0.2) is 4.79 Å². The zero-order valence-electron chi connectivity index (χ0n) is 63.5. The lowest BCUT2D eigenvalue weighted by Crippen LogP contribution is -2.63. The highest BCUT2D eigenvalue weighted by Gasteiger charge is 2.47. The van der Waals surface area contributed by atoms with E-state index in [1.165, 1.54) is 73.5 Å². The normalized spacial score (nSPS) is 15.4. The molecule has 3 rings (SSSR count). The SMILES string of the molecule is C/C=C/C[C@@H](C)[C@@H](OC(C)=O)[C@@H](C(=O)N[C@@H](CC)C(=O)OCCN(C)C(C)=O)N(C)C(=O)[C@H](C(C)C)N(C)C(=O)[C@H](CC(C)C)N(C)C(=O)[C@H](CC(C)C)N(C)C(=O)[C@@H](C)NC(=O)[C@H](C)CC(=O)[C@@H](CC(C)C)N(C)C(=O)[C@@H](CC(=O)OCC1c2ccccc2-c2ccccc21)C(C)C. The first-order valence-electron chi connectivity index (χ1n) is 35.2. The Bertz CT molecular complexity index is 3100. The second kappa shape index (κ2) is 39.7. The van der Waals surface area contributed by atoms with Crippen LogP contribution in [0.1, 0.15) is 180 Å². The van der Waals surface area contributed by atoms with Gasteiger partial charge in [0.25, 0.3) is 0 Å². The Balaban J connectivity index is 1.87. The molecule has 0 bridgehead atoms. The number of nitrogens with one attached hydrogen (secondary N) is 2. The molecule has 1 aliphatic rings. The fraction of sp³-hybridized carbons (Fsp3) is 0.658. The lowest BCUT2D eigenvalue weighted by atomic mass is 9.88. The second-order valence-electron chi connectivity index (χ2n) is 29.0. The summed E-state index contributed by atoms with van der Waals surface area (Å²) in [5, 5.41) is 5.47. The number of fused-ring (bicyclic) bond motifs is 3. The van der Waals surface area contributed by atoms with E-state index in [-0.39, 0.29) is 99.6 Å². The van der Waals surface area contributed by atoms with Crippen LogP contribution in [-0.2, 0) is 71.7 Å². The van der Waals surface area contributed by atoms with Crippen molar-refractivity contribution in [1.29, 1.82) is 0 Å². The number of likely N-dealkylation sites (N-methyl/N-ethyl adjacent to an activating group) is 6. The maximum Gasteiger partial charge on any atom is 0.328 e. The molecule has 0 spiro atoms. The summed E-state index contributed by atoms with van der Waals surface area (Å²) >= 11 is 0. The zero-order chi connectivity index (χ0) is 75.2. The number of Topliss-reactive ketones (excluding diaryl/α,β-unsaturated/α-hetero) is 1. The van der Waals surface area contributed by atoms with E-state index in [1.807, 2.05) is 97.9 Å². The van der Waals surface area contributed by atoms with E-state index < -0.39 is 131 Å². The van der Waals surface area contributed by atoms with Crippen LogP contribution in [-0.4, -0.2) is 211 Å². The molecule has 0 radical (unpaired) electrons. The summed E-state index contributed by atoms with van der Waals surface area (Å²) in [5.74, 6) is -10.9. The lowest BCUT2D eigenvalue weighted by Gasteiger charge is -2.42. The van der Waals surface area contributed by atoms with Gasteiger partial charge in [-0.15, -0.1) is 0 Å². The van der Waals surface area contributed by atoms with Gasteiger partial charge in [0, 0.05) is 74.4 Å². The largest absolute Gasteiger partial charge is 0.465 e. The van der Waals surface area contributed by atoms with E-state index in [0.29, 0.717) is 6.42 Å². The topological polar surface area (TPSA) is 276 Å². The summed E-state index contributed by atoms with van der Waals surface area (Å²) < 4.78 is 17.2. The predicted octanol–water partition coefficient (Wildman–Crippen LogP) is 8.48. The molecular weight excluding hydrogens is 1260 g/mol. The number of esters is 3. The number of carbonyl (C=O) groups is 12. The number of nitrogens with zero attached hydrogens (tertiary/aromatic N) is 6. The van der Waals surface area contributed by atoms with E-state index in [9.17, 15) is 43.2 Å². The molecule has 1 aliphatic carbocycles. The van der Waals surface area contributed by atoms with Gasteiger partial charge in [-0.3, -0.25) is 52.7 Å². The number of benzene rings is 2. The zero-order valence-corrected chi connectivity index (χ0v) is 63.5. The molecule has 0 fully saturated rings. The van der Waals surface area contributed by atoms with Crippen molar-refractivity contribution in [2.75, 3.05) is 62.0 Å². The first-order valence-corrected chi connectivity index (χ1v) is 35.2. The Hall–Kier alpha value is -7.98. The van der Waals surface area contributed by atoms with Gasteiger partial charge < -0.3 is 54.2 Å². The fourth-order valence-corrected chi connectivity index (χ4v) is 12.8. The highest BCUT2D eigenvalue weighted by atomic mass is 16.5. The fourth-order valence-electron chi connectivity index (χ4n) is 12.8. The summed E-state index contributed by atoms with van der Waals surface area (Å²) in [7, 11) is 8.80. The molecule has 2 aromatic carbocycles. The van der Waals surface area contributed by atoms with Crippen LogP contribution < -0.4 is 10.6 Å². The summed E-state index contributed by atoms with van der Waals surface area (Å²) in [6, 6.07) is 7.50. The Morgan fingerprint density at radius 3 is 1.51 bits per heavy atom. The molecule has 99 heavy (non-hydrogen) atoms.